The summed E-state index contributed by atoms with van der Waals surface area (Å²) in [7, 11) is 1.68. The number of hydrogen-bond donors (Lipinski definition) is 0. The minimum absolute atomic E-state index is 0.348. The van der Waals surface area contributed by atoms with Crippen molar-refractivity contribution < 1.29 is 9.47 Å². The van der Waals surface area contributed by atoms with E-state index in [-0.39, 0.29) is 0 Å². The maximum Gasteiger partial charge on any atom is 0.166 e. The Balaban J connectivity index is 1.45. The van der Waals surface area contributed by atoms with E-state index >= 15 is 0 Å². The Morgan fingerprint density at radius 2 is 2.17 bits per heavy atom. The van der Waals surface area contributed by atoms with Crippen molar-refractivity contribution in [3.05, 3.63) is 59.8 Å². The maximum absolute atomic E-state index is 6.05. The molecular formula is C22H23N5O2. The van der Waals surface area contributed by atoms with E-state index in [9.17, 15) is 0 Å². The van der Waals surface area contributed by atoms with Crippen molar-refractivity contribution in [2.45, 2.75) is 26.8 Å². The van der Waals surface area contributed by atoms with Gasteiger partial charge in [-0.2, -0.15) is 5.10 Å². The summed E-state index contributed by atoms with van der Waals surface area (Å²) >= 11 is 0. The highest BCUT2D eigenvalue weighted by Crippen LogP contribution is 2.36. The van der Waals surface area contributed by atoms with Gasteiger partial charge in [0.15, 0.2) is 17.1 Å². The van der Waals surface area contributed by atoms with Crippen LogP contribution >= 0.6 is 0 Å². The molecule has 1 aliphatic heterocycles. The van der Waals surface area contributed by atoms with Gasteiger partial charge >= 0.3 is 0 Å². The van der Waals surface area contributed by atoms with E-state index in [2.05, 4.69) is 20.7 Å². The first kappa shape index (κ1) is 17.7. The van der Waals surface area contributed by atoms with Gasteiger partial charge in [-0.25, -0.2) is 14.5 Å². The maximum atomic E-state index is 6.05. The van der Waals surface area contributed by atoms with Crippen LogP contribution in [0.25, 0.3) is 17.0 Å². The molecule has 0 amide bonds. The molecule has 0 aliphatic carbocycles. The zero-order chi connectivity index (χ0) is 20.0. The number of rotatable bonds is 4. The van der Waals surface area contributed by atoms with Crippen molar-refractivity contribution in [3.8, 4) is 22.9 Å². The van der Waals surface area contributed by atoms with Crippen molar-refractivity contribution in [1.29, 1.82) is 0 Å². The molecular weight excluding hydrogens is 366 g/mol. The van der Waals surface area contributed by atoms with E-state index < -0.39 is 0 Å². The second-order valence-electron chi connectivity index (χ2n) is 7.57. The number of fused-ring (bicyclic) bond motifs is 2. The SMILES string of the molecule is COc1cccc2c1OCC(Cn1ccnc1-c1cnn3c(C)cc(C)nc13)C2. The lowest BCUT2D eigenvalue weighted by molar-refractivity contribution is 0.198. The van der Waals surface area contributed by atoms with Crippen molar-refractivity contribution in [1.82, 2.24) is 24.1 Å². The Kier molecular flexibility index (Phi) is 4.23. The normalized spacial score (nSPS) is 15.9. The predicted molar refractivity (Wildman–Crippen MR) is 109 cm³/mol. The smallest absolute Gasteiger partial charge is 0.166 e. The van der Waals surface area contributed by atoms with E-state index in [1.54, 1.807) is 7.11 Å². The first-order chi connectivity index (χ1) is 14.1. The third-order valence-corrected chi connectivity index (χ3v) is 5.44. The second kappa shape index (κ2) is 6.92. The fraction of sp³-hybridized carbons (Fsp3) is 0.318. The monoisotopic (exact) mass is 389 g/mol. The van der Waals surface area contributed by atoms with Crippen LogP contribution < -0.4 is 9.47 Å². The minimum atomic E-state index is 0.348. The van der Waals surface area contributed by atoms with E-state index in [0.717, 1.165) is 52.9 Å². The molecule has 5 rings (SSSR count). The van der Waals surface area contributed by atoms with Gasteiger partial charge in [0.25, 0.3) is 0 Å². The third kappa shape index (κ3) is 3.03. The van der Waals surface area contributed by atoms with Gasteiger partial charge in [-0.3, -0.25) is 0 Å². The van der Waals surface area contributed by atoms with Crippen LogP contribution in [0, 0.1) is 19.8 Å². The molecule has 4 heterocycles. The van der Waals surface area contributed by atoms with E-state index in [0.29, 0.717) is 12.5 Å². The average Bonchev–Trinajstić information content (AvgIpc) is 3.33. The Hall–Kier alpha value is -3.35. The van der Waals surface area contributed by atoms with Crippen LogP contribution in [0.3, 0.4) is 0 Å². The molecule has 0 bridgehead atoms. The van der Waals surface area contributed by atoms with Crippen molar-refractivity contribution in [2.24, 2.45) is 5.92 Å². The van der Waals surface area contributed by atoms with Gasteiger partial charge in [0.05, 0.1) is 25.5 Å². The molecule has 0 spiro atoms. The number of aromatic nitrogens is 5. The Bertz CT molecular complexity index is 1190. The number of benzene rings is 1. The molecule has 0 saturated carbocycles. The van der Waals surface area contributed by atoms with Crippen LogP contribution in [-0.2, 0) is 13.0 Å². The molecule has 0 radical (unpaired) electrons. The molecule has 29 heavy (non-hydrogen) atoms. The summed E-state index contributed by atoms with van der Waals surface area (Å²) in [5.74, 6) is 2.90. The largest absolute Gasteiger partial charge is 0.493 e. The summed E-state index contributed by atoms with van der Waals surface area (Å²) in [6.07, 6.45) is 6.64. The molecule has 148 valence electrons. The average molecular weight is 389 g/mol. The summed E-state index contributed by atoms with van der Waals surface area (Å²) in [6, 6.07) is 8.09. The first-order valence-corrected chi connectivity index (χ1v) is 9.76. The van der Waals surface area contributed by atoms with Crippen LogP contribution in [0.1, 0.15) is 17.0 Å². The lowest BCUT2D eigenvalue weighted by Crippen LogP contribution is -2.25. The van der Waals surface area contributed by atoms with Gasteiger partial charge < -0.3 is 14.0 Å². The van der Waals surface area contributed by atoms with Crippen LogP contribution in [0.4, 0.5) is 0 Å². The van der Waals surface area contributed by atoms with Crippen molar-refractivity contribution in [2.75, 3.05) is 13.7 Å². The molecule has 0 N–H and O–H groups in total. The quantitative estimate of drug-likeness (QED) is 0.535. The van der Waals surface area contributed by atoms with Gasteiger partial charge in [0.2, 0.25) is 0 Å². The van der Waals surface area contributed by atoms with Crippen LogP contribution in [0.2, 0.25) is 0 Å². The van der Waals surface area contributed by atoms with Gasteiger partial charge in [0, 0.05) is 36.2 Å². The molecule has 7 heteroatoms. The van der Waals surface area contributed by atoms with E-state index in [1.807, 2.05) is 55.2 Å². The van der Waals surface area contributed by atoms with Crippen molar-refractivity contribution in [3.63, 3.8) is 0 Å². The highest BCUT2D eigenvalue weighted by molar-refractivity contribution is 5.72. The molecule has 0 fully saturated rings. The molecule has 7 nitrogen and oxygen atoms in total. The molecule has 4 aromatic rings. The highest BCUT2D eigenvalue weighted by Gasteiger charge is 2.24. The van der Waals surface area contributed by atoms with Crippen LogP contribution in [0.15, 0.2) is 42.9 Å². The summed E-state index contributed by atoms with van der Waals surface area (Å²) in [5.41, 5.74) is 5.00. The zero-order valence-electron chi connectivity index (χ0n) is 16.8. The Labute approximate surface area is 168 Å². The number of methoxy groups -OCH3 is 1. The number of imidazole rings is 1. The fourth-order valence-electron chi connectivity index (χ4n) is 4.14. The van der Waals surface area contributed by atoms with Gasteiger partial charge in [-0.15, -0.1) is 0 Å². The molecule has 1 unspecified atom stereocenters. The third-order valence-electron chi connectivity index (χ3n) is 5.44. The molecule has 1 atom stereocenters. The number of aryl methyl sites for hydroxylation is 2. The predicted octanol–water partition coefficient (Wildman–Crippen LogP) is 3.47. The summed E-state index contributed by atoms with van der Waals surface area (Å²) in [6.45, 7) is 5.50. The topological polar surface area (TPSA) is 66.5 Å². The summed E-state index contributed by atoms with van der Waals surface area (Å²) < 4.78 is 15.5. The zero-order valence-corrected chi connectivity index (χ0v) is 16.8. The molecule has 1 aliphatic rings. The van der Waals surface area contributed by atoms with Crippen LogP contribution in [-0.4, -0.2) is 37.9 Å². The van der Waals surface area contributed by atoms with Crippen LogP contribution in [0.5, 0.6) is 11.5 Å². The summed E-state index contributed by atoms with van der Waals surface area (Å²) in [5, 5.41) is 4.51. The van der Waals surface area contributed by atoms with Gasteiger partial charge in [-0.05, 0) is 38.0 Å². The first-order valence-electron chi connectivity index (χ1n) is 9.76. The molecule has 0 saturated heterocycles. The lowest BCUT2D eigenvalue weighted by Gasteiger charge is -2.27. The standard InChI is InChI=1S/C22H23N5O2/c1-14-9-15(2)27-22(25-14)18(11-24-27)21-23-7-8-26(21)12-16-10-17-5-4-6-19(28-3)20(17)29-13-16/h4-9,11,16H,10,12-13H2,1-3H3. The van der Waals surface area contributed by atoms with E-state index in [4.69, 9.17) is 14.5 Å². The Morgan fingerprint density at radius 3 is 3.03 bits per heavy atom. The van der Waals surface area contributed by atoms with Gasteiger partial charge in [-0.1, -0.05) is 12.1 Å². The molecule has 3 aromatic heterocycles. The number of nitrogens with zero attached hydrogens (tertiary/aromatic N) is 5. The highest BCUT2D eigenvalue weighted by atomic mass is 16.5. The number of hydrogen-bond acceptors (Lipinski definition) is 5. The summed E-state index contributed by atoms with van der Waals surface area (Å²) in [4.78, 5) is 9.31. The number of para-hydroxylation sites is 1. The second-order valence-corrected chi connectivity index (χ2v) is 7.57. The fourth-order valence-corrected chi connectivity index (χ4v) is 4.14. The lowest BCUT2D eigenvalue weighted by atomic mass is 9.96. The van der Waals surface area contributed by atoms with Gasteiger partial charge in [0.1, 0.15) is 5.82 Å². The Morgan fingerprint density at radius 1 is 1.28 bits per heavy atom. The van der Waals surface area contributed by atoms with Crippen molar-refractivity contribution >= 4 is 5.65 Å². The minimum Gasteiger partial charge on any atom is -0.493 e. The van der Waals surface area contributed by atoms with E-state index in [1.165, 1.54) is 5.56 Å². The number of ether oxygens (including phenoxy) is 2. The molecule has 1 aromatic carbocycles.